The molecule has 0 saturated carbocycles. The van der Waals surface area contributed by atoms with Gasteiger partial charge in [-0.3, -0.25) is 0 Å². The summed E-state index contributed by atoms with van der Waals surface area (Å²) in [5, 5.41) is 0. The number of hydrogen-bond donors (Lipinski definition) is 1. The Hall–Kier alpha value is -1.24. The SMILES string of the molecule is COc1cc(N)ccc1OCCSC(F)(F)F. The lowest BCUT2D eigenvalue weighted by Crippen LogP contribution is -2.08. The van der Waals surface area contributed by atoms with Gasteiger partial charge in [0.05, 0.1) is 13.7 Å². The number of thioether (sulfide) groups is 1. The number of nitrogens with two attached hydrogens (primary N) is 1. The third-order valence-corrected chi connectivity index (χ3v) is 2.49. The zero-order chi connectivity index (χ0) is 12.9. The number of alkyl halides is 3. The molecule has 0 saturated heterocycles. The van der Waals surface area contributed by atoms with Crippen molar-refractivity contribution in [2.24, 2.45) is 0 Å². The summed E-state index contributed by atoms with van der Waals surface area (Å²) in [6.45, 7) is -0.0511. The summed E-state index contributed by atoms with van der Waals surface area (Å²) in [6.07, 6.45) is 0. The number of halogens is 3. The van der Waals surface area contributed by atoms with Crippen LogP contribution in [0.5, 0.6) is 11.5 Å². The zero-order valence-corrected chi connectivity index (χ0v) is 9.90. The molecular weight excluding hydrogens is 255 g/mol. The second-order valence-corrected chi connectivity index (χ2v) is 4.21. The minimum atomic E-state index is -4.23. The zero-order valence-electron chi connectivity index (χ0n) is 9.08. The summed E-state index contributed by atoms with van der Waals surface area (Å²) in [4.78, 5) is 0. The Morgan fingerprint density at radius 1 is 1.29 bits per heavy atom. The van der Waals surface area contributed by atoms with Crippen LogP contribution in [0, 0.1) is 0 Å². The Morgan fingerprint density at radius 2 is 2.00 bits per heavy atom. The molecule has 17 heavy (non-hydrogen) atoms. The largest absolute Gasteiger partial charge is 0.493 e. The van der Waals surface area contributed by atoms with Crippen molar-refractivity contribution in [2.75, 3.05) is 25.2 Å². The Labute approximate surface area is 101 Å². The molecule has 1 rings (SSSR count). The van der Waals surface area contributed by atoms with E-state index >= 15 is 0 Å². The summed E-state index contributed by atoms with van der Waals surface area (Å²) in [6, 6.07) is 4.70. The topological polar surface area (TPSA) is 44.5 Å². The first-order valence-electron chi connectivity index (χ1n) is 4.69. The van der Waals surface area contributed by atoms with E-state index in [0.717, 1.165) is 0 Å². The van der Waals surface area contributed by atoms with E-state index < -0.39 is 5.51 Å². The van der Waals surface area contributed by atoms with Crippen LogP contribution in [0.1, 0.15) is 0 Å². The molecule has 1 aromatic carbocycles. The molecule has 0 fully saturated rings. The van der Waals surface area contributed by atoms with E-state index in [1.165, 1.54) is 7.11 Å². The minimum absolute atomic E-state index is 0.0511. The van der Waals surface area contributed by atoms with Crippen LogP contribution in [-0.2, 0) is 0 Å². The number of benzene rings is 1. The van der Waals surface area contributed by atoms with E-state index in [2.05, 4.69) is 0 Å². The molecule has 0 spiro atoms. The average Bonchev–Trinajstić information content (AvgIpc) is 2.24. The van der Waals surface area contributed by atoms with Crippen LogP contribution in [-0.4, -0.2) is 25.0 Å². The van der Waals surface area contributed by atoms with Crippen molar-refractivity contribution in [2.45, 2.75) is 5.51 Å². The van der Waals surface area contributed by atoms with Gasteiger partial charge < -0.3 is 15.2 Å². The van der Waals surface area contributed by atoms with Crippen LogP contribution in [0.3, 0.4) is 0 Å². The highest BCUT2D eigenvalue weighted by Crippen LogP contribution is 2.31. The van der Waals surface area contributed by atoms with Gasteiger partial charge in [-0.05, 0) is 23.9 Å². The Balaban J connectivity index is 2.46. The van der Waals surface area contributed by atoms with E-state index in [-0.39, 0.29) is 24.1 Å². The van der Waals surface area contributed by atoms with Gasteiger partial charge in [0.1, 0.15) is 0 Å². The van der Waals surface area contributed by atoms with Crippen LogP contribution in [0.25, 0.3) is 0 Å². The summed E-state index contributed by atoms with van der Waals surface area (Å²) in [7, 11) is 1.44. The van der Waals surface area contributed by atoms with E-state index in [1.54, 1.807) is 18.2 Å². The molecule has 0 aliphatic rings. The molecule has 0 heterocycles. The van der Waals surface area contributed by atoms with Crippen LogP contribution in [0.4, 0.5) is 18.9 Å². The third-order valence-electron chi connectivity index (χ3n) is 1.79. The highest BCUT2D eigenvalue weighted by Gasteiger charge is 2.27. The van der Waals surface area contributed by atoms with Gasteiger partial charge in [0.15, 0.2) is 11.5 Å². The van der Waals surface area contributed by atoms with Crippen molar-refractivity contribution in [1.29, 1.82) is 0 Å². The number of ether oxygens (including phenoxy) is 2. The van der Waals surface area contributed by atoms with Crippen molar-refractivity contribution in [3.63, 3.8) is 0 Å². The molecule has 96 valence electrons. The van der Waals surface area contributed by atoms with Crippen molar-refractivity contribution >= 4 is 17.4 Å². The van der Waals surface area contributed by atoms with Gasteiger partial charge in [0, 0.05) is 17.5 Å². The van der Waals surface area contributed by atoms with Crippen LogP contribution in [0.2, 0.25) is 0 Å². The first-order valence-corrected chi connectivity index (χ1v) is 5.68. The van der Waals surface area contributed by atoms with Gasteiger partial charge >= 0.3 is 5.51 Å². The number of nitrogen functional groups attached to an aromatic ring is 1. The van der Waals surface area contributed by atoms with Crippen LogP contribution < -0.4 is 15.2 Å². The second-order valence-electron chi connectivity index (χ2n) is 3.05. The number of hydrogen-bond acceptors (Lipinski definition) is 4. The van der Waals surface area contributed by atoms with Gasteiger partial charge in [-0.2, -0.15) is 13.2 Å². The fraction of sp³-hybridized carbons (Fsp3) is 0.400. The molecule has 0 atom stereocenters. The monoisotopic (exact) mass is 267 g/mol. The first-order chi connectivity index (χ1) is 7.92. The smallest absolute Gasteiger partial charge is 0.441 e. The molecule has 0 aliphatic carbocycles. The maximum absolute atomic E-state index is 11.8. The van der Waals surface area contributed by atoms with Crippen LogP contribution >= 0.6 is 11.8 Å². The number of anilines is 1. The molecule has 0 aromatic heterocycles. The van der Waals surface area contributed by atoms with Crippen molar-refractivity contribution in [1.82, 2.24) is 0 Å². The maximum atomic E-state index is 11.8. The first kappa shape index (κ1) is 13.8. The van der Waals surface area contributed by atoms with Crippen molar-refractivity contribution in [3.8, 4) is 11.5 Å². The number of methoxy groups -OCH3 is 1. The molecule has 1 aromatic rings. The van der Waals surface area contributed by atoms with Gasteiger partial charge in [0.2, 0.25) is 0 Å². The Morgan fingerprint density at radius 3 is 2.59 bits per heavy atom. The normalized spacial score (nSPS) is 11.3. The third kappa shape index (κ3) is 5.08. The van der Waals surface area contributed by atoms with E-state index in [1.807, 2.05) is 0 Å². The molecular formula is C10H12F3NO2S. The Bertz CT molecular complexity index is 371. The van der Waals surface area contributed by atoms with Gasteiger partial charge in [0.25, 0.3) is 0 Å². The van der Waals surface area contributed by atoms with Crippen LogP contribution in [0.15, 0.2) is 18.2 Å². The molecule has 0 unspecified atom stereocenters. The fourth-order valence-electron chi connectivity index (χ4n) is 1.11. The highest BCUT2D eigenvalue weighted by atomic mass is 32.2. The lowest BCUT2D eigenvalue weighted by molar-refractivity contribution is -0.0329. The van der Waals surface area contributed by atoms with Crippen molar-refractivity contribution in [3.05, 3.63) is 18.2 Å². The minimum Gasteiger partial charge on any atom is -0.493 e. The maximum Gasteiger partial charge on any atom is 0.441 e. The number of rotatable bonds is 5. The summed E-state index contributed by atoms with van der Waals surface area (Å²) >= 11 is -0.121. The van der Waals surface area contributed by atoms with E-state index in [0.29, 0.717) is 17.2 Å². The second kappa shape index (κ2) is 5.90. The molecule has 0 radical (unpaired) electrons. The molecule has 2 N–H and O–H groups in total. The molecule has 7 heteroatoms. The molecule has 0 amide bonds. The van der Waals surface area contributed by atoms with Gasteiger partial charge in [-0.25, -0.2) is 0 Å². The molecule has 0 bridgehead atoms. The summed E-state index contributed by atoms with van der Waals surface area (Å²) in [5.41, 5.74) is 1.80. The van der Waals surface area contributed by atoms with E-state index in [9.17, 15) is 13.2 Å². The average molecular weight is 267 g/mol. The predicted octanol–water partition coefficient (Wildman–Crippen LogP) is 2.91. The van der Waals surface area contributed by atoms with Gasteiger partial charge in [-0.15, -0.1) is 0 Å². The van der Waals surface area contributed by atoms with Crippen molar-refractivity contribution < 1.29 is 22.6 Å². The predicted molar refractivity (Wildman–Crippen MR) is 61.4 cm³/mol. The lowest BCUT2D eigenvalue weighted by atomic mass is 10.3. The van der Waals surface area contributed by atoms with Gasteiger partial charge in [-0.1, -0.05) is 0 Å². The quantitative estimate of drug-likeness (QED) is 0.658. The highest BCUT2D eigenvalue weighted by molar-refractivity contribution is 8.00. The standard InChI is InChI=1S/C10H12F3NO2S/c1-15-9-6-7(14)2-3-8(9)16-4-5-17-10(11,12)13/h2-3,6H,4-5,14H2,1H3. The molecule has 3 nitrogen and oxygen atoms in total. The lowest BCUT2D eigenvalue weighted by Gasteiger charge is -2.11. The molecule has 0 aliphatic heterocycles. The Kier molecular flexibility index (Phi) is 4.80. The van der Waals surface area contributed by atoms with E-state index in [4.69, 9.17) is 15.2 Å². The summed E-state index contributed by atoms with van der Waals surface area (Å²) in [5.74, 6) is 0.614. The summed E-state index contributed by atoms with van der Waals surface area (Å²) < 4.78 is 45.7. The fourth-order valence-corrected chi connectivity index (χ4v) is 1.51.